The van der Waals surface area contributed by atoms with Gasteiger partial charge in [-0.15, -0.1) is 0 Å². The third kappa shape index (κ3) is 2.88. The van der Waals surface area contributed by atoms with Crippen molar-refractivity contribution in [1.82, 2.24) is 10.2 Å². The number of nitrogens with zero attached hydrogens (tertiary/aromatic N) is 1. The molecule has 22 heavy (non-hydrogen) atoms. The Bertz CT molecular complexity index is 704. The van der Waals surface area contributed by atoms with E-state index < -0.39 is 11.6 Å². The normalized spacial score (nSPS) is 11.3. The molecule has 6 nitrogen and oxygen atoms in total. The van der Waals surface area contributed by atoms with E-state index in [-0.39, 0.29) is 5.69 Å². The van der Waals surface area contributed by atoms with Crippen molar-refractivity contribution in [3.63, 3.8) is 0 Å². The molecule has 0 aliphatic carbocycles. The molecule has 0 radical (unpaired) electrons. The third-order valence-electron chi connectivity index (χ3n) is 3.25. The fourth-order valence-electron chi connectivity index (χ4n) is 2.15. The fourth-order valence-corrected chi connectivity index (χ4v) is 2.15. The summed E-state index contributed by atoms with van der Waals surface area (Å²) >= 11 is 0. The summed E-state index contributed by atoms with van der Waals surface area (Å²) in [5, 5.41) is 15.3. The number of aromatic carboxylic acids is 1. The first-order valence-corrected chi connectivity index (χ1v) is 6.52. The number of H-pyrrole nitrogens is 1. The Hall–Kier alpha value is -2.57. The third-order valence-corrected chi connectivity index (χ3v) is 3.25. The number of alkyl halides is 1. The van der Waals surface area contributed by atoms with Crippen LogP contribution in [0.3, 0.4) is 0 Å². The van der Waals surface area contributed by atoms with E-state index in [0.717, 1.165) is 0 Å². The smallest absolute Gasteiger partial charge is 0.353 e. The van der Waals surface area contributed by atoms with Gasteiger partial charge in [-0.1, -0.05) is 0 Å². The Morgan fingerprint density at radius 3 is 2.27 bits per heavy atom. The molecule has 0 unspecified atom stereocenters. The number of rotatable bonds is 5. The van der Waals surface area contributed by atoms with Crippen molar-refractivity contribution in [3.8, 4) is 22.8 Å². The standard InChI is InChI=1S/C15H17FN2O4/c1-15(2,16)9-6-13(22-4)12(21-3)5-8(9)10-7-11(14(19)20)18-17-10/h5-7H,1-4H3,(H,17,18)(H,19,20). The van der Waals surface area contributed by atoms with E-state index in [2.05, 4.69) is 10.2 Å². The van der Waals surface area contributed by atoms with E-state index >= 15 is 0 Å². The first kappa shape index (κ1) is 15.8. The molecule has 0 saturated carbocycles. The first-order chi connectivity index (χ1) is 10.3. The van der Waals surface area contributed by atoms with E-state index in [1.54, 1.807) is 6.07 Å². The summed E-state index contributed by atoms with van der Waals surface area (Å²) < 4.78 is 24.9. The van der Waals surface area contributed by atoms with Crippen LogP contribution in [0.2, 0.25) is 0 Å². The maximum Gasteiger partial charge on any atom is 0.353 e. The zero-order valence-corrected chi connectivity index (χ0v) is 12.7. The Labute approximate surface area is 126 Å². The van der Waals surface area contributed by atoms with Gasteiger partial charge in [0, 0.05) is 11.1 Å². The molecule has 0 saturated heterocycles. The van der Waals surface area contributed by atoms with Crippen LogP contribution in [0.1, 0.15) is 29.9 Å². The van der Waals surface area contributed by atoms with Gasteiger partial charge < -0.3 is 14.6 Å². The zero-order chi connectivity index (χ0) is 16.5. The highest BCUT2D eigenvalue weighted by molar-refractivity contribution is 5.87. The Morgan fingerprint density at radius 1 is 1.23 bits per heavy atom. The maximum atomic E-state index is 14.5. The fraction of sp³-hybridized carbons (Fsp3) is 0.333. The largest absolute Gasteiger partial charge is 0.493 e. The van der Waals surface area contributed by atoms with Crippen molar-refractivity contribution in [1.29, 1.82) is 0 Å². The molecule has 0 amide bonds. The van der Waals surface area contributed by atoms with E-state index in [4.69, 9.17) is 14.6 Å². The van der Waals surface area contributed by atoms with E-state index in [1.165, 1.54) is 40.2 Å². The van der Waals surface area contributed by atoms with Crippen molar-refractivity contribution in [2.75, 3.05) is 14.2 Å². The summed E-state index contributed by atoms with van der Waals surface area (Å²) in [7, 11) is 2.93. The Kier molecular flexibility index (Phi) is 4.07. The number of hydrogen-bond donors (Lipinski definition) is 2. The van der Waals surface area contributed by atoms with Gasteiger partial charge in [-0.25, -0.2) is 9.18 Å². The molecule has 0 aliphatic rings. The highest BCUT2D eigenvalue weighted by Gasteiger charge is 2.27. The van der Waals surface area contributed by atoms with Crippen molar-refractivity contribution < 1.29 is 23.8 Å². The van der Waals surface area contributed by atoms with Crippen LogP contribution in [-0.4, -0.2) is 35.5 Å². The number of aromatic nitrogens is 2. The summed E-state index contributed by atoms with van der Waals surface area (Å²) in [5.41, 5.74) is -0.661. The number of carbonyl (C=O) groups is 1. The van der Waals surface area contributed by atoms with Crippen LogP contribution < -0.4 is 9.47 Å². The first-order valence-electron chi connectivity index (χ1n) is 6.52. The number of benzene rings is 1. The lowest BCUT2D eigenvalue weighted by molar-refractivity contribution is 0.0690. The van der Waals surface area contributed by atoms with Gasteiger partial charge in [-0.3, -0.25) is 5.10 Å². The molecule has 1 aromatic carbocycles. The number of halogens is 1. The molecule has 7 heteroatoms. The van der Waals surface area contributed by atoms with Gasteiger partial charge in [0.15, 0.2) is 11.5 Å². The molecular formula is C15H17FN2O4. The van der Waals surface area contributed by atoms with Gasteiger partial charge in [0.25, 0.3) is 0 Å². The lowest BCUT2D eigenvalue weighted by atomic mass is 9.92. The molecule has 0 atom stereocenters. The van der Waals surface area contributed by atoms with E-state index in [0.29, 0.717) is 28.3 Å². The number of methoxy groups -OCH3 is 2. The van der Waals surface area contributed by atoms with Crippen LogP contribution in [0.15, 0.2) is 18.2 Å². The number of carboxylic acid groups (broad SMARTS) is 1. The molecular weight excluding hydrogens is 291 g/mol. The van der Waals surface area contributed by atoms with Gasteiger partial charge in [0.2, 0.25) is 0 Å². The molecule has 0 bridgehead atoms. The average Bonchev–Trinajstić information content (AvgIpc) is 2.94. The quantitative estimate of drug-likeness (QED) is 0.887. The molecule has 0 spiro atoms. The number of aromatic amines is 1. The highest BCUT2D eigenvalue weighted by Crippen LogP contribution is 2.41. The molecule has 0 fully saturated rings. The topological polar surface area (TPSA) is 84.4 Å². The van der Waals surface area contributed by atoms with Gasteiger partial charge in [0.1, 0.15) is 11.4 Å². The maximum absolute atomic E-state index is 14.5. The minimum Gasteiger partial charge on any atom is -0.493 e. The molecule has 118 valence electrons. The SMILES string of the molecule is COc1cc(-c2cc(C(=O)O)[nH]n2)c(C(C)(C)F)cc1OC. The van der Waals surface area contributed by atoms with Crippen LogP contribution in [0.4, 0.5) is 4.39 Å². The van der Waals surface area contributed by atoms with Gasteiger partial charge >= 0.3 is 5.97 Å². The zero-order valence-electron chi connectivity index (χ0n) is 12.7. The number of carboxylic acids is 1. The van der Waals surface area contributed by atoms with Crippen LogP contribution in [0.25, 0.3) is 11.3 Å². The molecule has 1 heterocycles. The Morgan fingerprint density at radius 2 is 1.82 bits per heavy atom. The van der Waals surface area contributed by atoms with Crippen molar-refractivity contribution >= 4 is 5.97 Å². The number of ether oxygens (including phenoxy) is 2. The molecule has 2 rings (SSSR count). The van der Waals surface area contributed by atoms with Crippen molar-refractivity contribution in [2.24, 2.45) is 0 Å². The van der Waals surface area contributed by atoms with E-state index in [1.807, 2.05) is 0 Å². The summed E-state index contributed by atoms with van der Waals surface area (Å²) in [6.07, 6.45) is 0. The van der Waals surface area contributed by atoms with Crippen LogP contribution in [0.5, 0.6) is 11.5 Å². The molecule has 0 aliphatic heterocycles. The second-order valence-corrected chi connectivity index (χ2v) is 5.20. The van der Waals surface area contributed by atoms with Crippen LogP contribution in [0, 0.1) is 0 Å². The summed E-state index contributed by atoms with van der Waals surface area (Å²) in [6.45, 7) is 2.81. The predicted molar refractivity (Wildman–Crippen MR) is 78.2 cm³/mol. The lowest BCUT2D eigenvalue weighted by Gasteiger charge is -2.20. The van der Waals surface area contributed by atoms with E-state index in [9.17, 15) is 9.18 Å². The molecule has 2 aromatic rings. The number of hydrogen-bond acceptors (Lipinski definition) is 4. The Balaban J connectivity index is 2.68. The average molecular weight is 308 g/mol. The molecule has 2 N–H and O–H groups in total. The van der Waals surface area contributed by atoms with Crippen molar-refractivity contribution in [2.45, 2.75) is 19.5 Å². The summed E-state index contributed by atoms with van der Waals surface area (Å²) in [6, 6.07) is 4.46. The summed E-state index contributed by atoms with van der Waals surface area (Å²) in [4.78, 5) is 11.0. The number of nitrogens with one attached hydrogen (secondary N) is 1. The van der Waals surface area contributed by atoms with Crippen molar-refractivity contribution in [3.05, 3.63) is 29.5 Å². The van der Waals surface area contributed by atoms with Crippen LogP contribution >= 0.6 is 0 Å². The molecule has 1 aromatic heterocycles. The van der Waals surface area contributed by atoms with Gasteiger partial charge in [-0.2, -0.15) is 5.10 Å². The van der Waals surface area contributed by atoms with Gasteiger partial charge in [-0.05, 0) is 32.0 Å². The summed E-state index contributed by atoms with van der Waals surface area (Å²) in [5.74, 6) is -0.341. The highest BCUT2D eigenvalue weighted by atomic mass is 19.1. The minimum absolute atomic E-state index is 0.0765. The lowest BCUT2D eigenvalue weighted by Crippen LogP contribution is -2.12. The second-order valence-electron chi connectivity index (χ2n) is 5.20. The second kappa shape index (κ2) is 5.67. The van der Waals surface area contributed by atoms with Crippen LogP contribution in [-0.2, 0) is 5.67 Å². The monoisotopic (exact) mass is 308 g/mol. The predicted octanol–water partition coefficient (Wildman–Crippen LogP) is 3.00. The minimum atomic E-state index is -1.67. The van der Waals surface area contributed by atoms with Gasteiger partial charge in [0.05, 0.1) is 19.9 Å².